The van der Waals surface area contributed by atoms with E-state index in [1.165, 1.54) is 11.3 Å². The summed E-state index contributed by atoms with van der Waals surface area (Å²) >= 11 is 13.8. The van der Waals surface area contributed by atoms with Crippen molar-refractivity contribution in [1.29, 1.82) is 0 Å². The Hall–Kier alpha value is -3.98. The summed E-state index contributed by atoms with van der Waals surface area (Å²) in [5.74, 6) is -0.470. The smallest absolute Gasteiger partial charge is 0.271 e. The third-order valence-corrected chi connectivity index (χ3v) is 9.57. The molecule has 0 fully saturated rings. The molecule has 10 heteroatoms. The monoisotopic (exact) mass is 630 g/mol. The number of anilines is 1. The summed E-state index contributed by atoms with van der Waals surface area (Å²) in [4.78, 5) is 51.0. The number of amides is 2. The molecular formula is C33H28Cl2N4O3S. The SMILES string of the molecule is CCN(CC)C(=O)C1=C(C)N=c2s/c(=C3\C(=O)N(Cc4ccccc4Cl)c4ccccc43)c(=O)n2[C@H]1c1ccc(Cl)cc1. The maximum absolute atomic E-state index is 14.4. The molecule has 0 aliphatic carbocycles. The fourth-order valence-corrected chi connectivity index (χ4v) is 7.20. The second-order valence-corrected chi connectivity index (χ2v) is 12.1. The number of hydrogen-bond donors (Lipinski definition) is 0. The molecule has 0 saturated heterocycles. The number of thiazole rings is 1. The van der Waals surface area contributed by atoms with Crippen LogP contribution in [-0.2, 0) is 16.1 Å². The van der Waals surface area contributed by atoms with Crippen LogP contribution in [0.4, 0.5) is 5.69 Å². The molecule has 0 bridgehead atoms. The lowest BCUT2D eigenvalue weighted by atomic mass is 9.94. The van der Waals surface area contributed by atoms with Gasteiger partial charge in [-0.15, -0.1) is 0 Å². The summed E-state index contributed by atoms with van der Waals surface area (Å²) in [6.07, 6.45) is 0. The minimum Gasteiger partial charge on any atom is -0.339 e. The van der Waals surface area contributed by atoms with Crippen LogP contribution in [0.2, 0.25) is 10.0 Å². The molecule has 1 atom stereocenters. The summed E-state index contributed by atoms with van der Waals surface area (Å²) in [5.41, 5.74) is 3.80. The van der Waals surface area contributed by atoms with Crippen LogP contribution >= 0.6 is 34.5 Å². The Bertz CT molecular complexity index is 1990. The van der Waals surface area contributed by atoms with Crippen molar-refractivity contribution in [2.24, 2.45) is 4.99 Å². The molecule has 1 aromatic heterocycles. The van der Waals surface area contributed by atoms with Gasteiger partial charge in [0.05, 0.1) is 35.1 Å². The second kappa shape index (κ2) is 11.6. The summed E-state index contributed by atoms with van der Waals surface area (Å²) < 4.78 is 1.83. The molecule has 2 amide bonds. The van der Waals surface area contributed by atoms with Crippen molar-refractivity contribution in [3.8, 4) is 0 Å². The number of rotatable bonds is 6. The van der Waals surface area contributed by atoms with Gasteiger partial charge in [0.2, 0.25) is 0 Å². The fraction of sp³-hybridized carbons (Fsp3) is 0.212. The zero-order valence-corrected chi connectivity index (χ0v) is 26.1. The van der Waals surface area contributed by atoms with E-state index in [2.05, 4.69) is 0 Å². The maximum Gasteiger partial charge on any atom is 0.271 e. The zero-order valence-electron chi connectivity index (χ0n) is 23.8. The molecule has 0 radical (unpaired) electrons. The number of halogens is 2. The van der Waals surface area contributed by atoms with E-state index in [0.717, 1.165) is 11.1 Å². The van der Waals surface area contributed by atoms with Crippen LogP contribution in [0.1, 0.15) is 43.5 Å². The average Bonchev–Trinajstić information content (AvgIpc) is 3.46. The van der Waals surface area contributed by atoms with Crippen LogP contribution in [0.15, 0.2) is 93.9 Å². The molecule has 2 aliphatic rings. The number of fused-ring (bicyclic) bond motifs is 2. The number of aromatic nitrogens is 1. The second-order valence-electron chi connectivity index (χ2n) is 10.3. The Kier molecular flexibility index (Phi) is 7.85. The molecule has 3 aromatic carbocycles. The molecular weight excluding hydrogens is 603 g/mol. The Labute approximate surface area is 262 Å². The largest absolute Gasteiger partial charge is 0.339 e. The van der Waals surface area contributed by atoms with Crippen LogP contribution < -0.4 is 19.8 Å². The van der Waals surface area contributed by atoms with Gasteiger partial charge in [0.25, 0.3) is 17.4 Å². The van der Waals surface area contributed by atoms with Crippen molar-refractivity contribution < 1.29 is 9.59 Å². The minimum absolute atomic E-state index is 0.183. The highest BCUT2D eigenvalue weighted by Crippen LogP contribution is 2.37. The Morgan fingerprint density at radius 3 is 2.33 bits per heavy atom. The van der Waals surface area contributed by atoms with Crippen LogP contribution in [0.25, 0.3) is 5.57 Å². The molecule has 4 aromatic rings. The number of nitrogens with zero attached hydrogens (tertiary/aromatic N) is 4. The van der Waals surface area contributed by atoms with E-state index in [0.29, 0.717) is 56.0 Å². The van der Waals surface area contributed by atoms with Crippen molar-refractivity contribution >= 4 is 57.6 Å². The molecule has 0 unspecified atom stereocenters. The van der Waals surface area contributed by atoms with Gasteiger partial charge in [-0.25, -0.2) is 4.99 Å². The Morgan fingerprint density at radius 2 is 1.63 bits per heavy atom. The van der Waals surface area contributed by atoms with E-state index in [9.17, 15) is 14.4 Å². The molecule has 7 nitrogen and oxygen atoms in total. The van der Waals surface area contributed by atoms with E-state index in [1.54, 1.807) is 39.5 Å². The third kappa shape index (κ3) is 4.93. The maximum atomic E-state index is 14.4. The zero-order chi connectivity index (χ0) is 30.4. The fourth-order valence-electron chi connectivity index (χ4n) is 5.74. The number of carbonyl (C=O) groups is 2. The number of hydrogen-bond acceptors (Lipinski definition) is 5. The Morgan fingerprint density at radius 1 is 0.953 bits per heavy atom. The summed E-state index contributed by atoms with van der Waals surface area (Å²) in [5, 5.41) is 1.10. The van der Waals surface area contributed by atoms with Gasteiger partial charge in [-0.2, -0.15) is 0 Å². The molecule has 43 heavy (non-hydrogen) atoms. The van der Waals surface area contributed by atoms with Gasteiger partial charge >= 0.3 is 0 Å². The van der Waals surface area contributed by atoms with Gasteiger partial charge in [-0.3, -0.25) is 19.0 Å². The minimum atomic E-state index is -0.734. The van der Waals surface area contributed by atoms with E-state index in [-0.39, 0.29) is 28.5 Å². The van der Waals surface area contributed by atoms with Crippen LogP contribution in [-0.4, -0.2) is 34.4 Å². The molecule has 0 N–H and O–H groups in total. The predicted octanol–water partition coefficient (Wildman–Crippen LogP) is 5.33. The first kappa shape index (κ1) is 29.1. The van der Waals surface area contributed by atoms with Gasteiger partial charge in [0.1, 0.15) is 4.53 Å². The number of likely N-dealkylation sites (N-methyl/N-ethyl adjacent to an activating group) is 1. The lowest BCUT2D eigenvalue weighted by molar-refractivity contribution is -0.127. The number of allylic oxidation sites excluding steroid dienone is 1. The van der Waals surface area contributed by atoms with E-state index >= 15 is 0 Å². The topological polar surface area (TPSA) is 75.0 Å². The first-order valence-electron chi connectivity index (χ1n) is 14.0. The number of para-hydroxylation sites is 1. The molecule has 3 heterocycles. The van der Waals surface area contributed by atoms with Gasteiger partial charge in [-0.1, -0.05) is 83.1 Å². The van der Waals surface area contributed by atoms with Gasteiger partial charge in [0, 0.05) is 28.7 Å². The first-order chi connectivity index (χ1) is 20.7. The highest BCUT2D eigenvalue weighted by molar-refractivity contribution is 7.07. The van der Waals surface area contributed by atoms with Crippen LogP contribution in [0, 0.1) is 0 Å². The molecule has 0 spiro atoms. The van der Waals surface area contributed by atoms with Crippen molar-refractivity contribution in [3.05, 3.63) is 130 Å². The lowest BCUT2D eigenvalue weighted by Crippen LogP contribution is -2.43. The van der Waals surface area contributed by atoms with E-state index in [4.69, 9.17) is 28.2 Å². The third-order valence-electron chi connectivity index (χ3n) is 7.90. The number of carbonyl (C=O) groups excluding carboxylic acids is 2. The highest BCUT2D eigenvalue weighted by Gasteiger charge is 2.37. The van der Waals surface area contributed by atoms with Gasteiger partial charge < -0.3 is 9.80 Å². The average molecular weight is 632 g/mol. The van der Waals surface area contributed by atoms with Crippen molar-refractivity contribution in [1.82, 2.24) is 9.47 Å². The molecule has 218 valence electrons. The van der Waals surface area contributed by atoms with Crippen LogP contribution in [0.5, 0.6) is 0 Å². The normalized spacial score (nSPS) is 17.1. The predicted molar refractivity (Wildman–Crippen MR) is 171 cm³/mol. The lowest BCUT2D eigenvalue weighted by Gasteiger charge is -2.29. The molecule has 2 aliphatic heterocycles. The summed E-state index contributed by atoms with van der Waals surface area (Å²) in [7, 11) is 0. The molecule has 6 rings (SSSR count). The summed E-state index contributed by atoms with van der Waals surface area (Å²) in [6.45, 7) is 6.92. The van der Waals surface area contributed by atoms with Crippen molar-refractivity contribution in [3.63, 3.8) is 0 Å². The van der Waals surface area contributed by atoms with Crippen molar-refractivity contribution in [2.75, 3.05) is 18.0 Å². The van der Waals surface area contributed by atoms with Gasteiger partial charge in [0.15, 0.2) is 4.80 Å². The van der Waals surface area contributed by atoms with Crippen molar-refractivity contribution in [2.45, 2.75) is 33.4 Å². The highest BCUT2D eigenvalue weighted by atomic mass is 35.5. The summed E-state index contributed by atoms with van der Waals surface area (Å²) in [6, 6.07) is 21.2. The quantitative estimate of drug-likeness (QED) is 0.289. The van der Waals surface area contributed by atoms with E-state index in [1.807, 2.05) is 68.4 Å². The first-order valence-corrected chi connectivity index (χ1v) is 15.6. The standard InChI is InChI=1S/C33H28Cl2N4O3S/c1-4-37(5-2)30(40)26-19(3)36-33-39(28(26)20-14-16-22(34)17-15-20)32(42)29(43-33)27-23-11-7-9-13-25(23)38(31(27)41)18-21-10-6-8-12-24(21)35/h6-17,28H,4-5,18H2,1-3H3/b29-27-/t28-/m0/s1. The number of benzene rings is 3. The van der Waals surface area contributed by atoms with Crippen LogP contribution in [0.3, 0.4) is 0 Å². The molecule has 0 saturated carbocycles. The van der Waals surface area contributed by atoms with E-state index < -0.39 is 6.04 Å². The van der Waals surface area contributed by atoms with Gasteiger partial charge in [-0.05, 0) is 56.2 Å². The Balaban J connectivity index is 1.58.